The lowest BCUT2D eigenvalue weighted by Crippen LogP contribution is -2.51. The highest BCUT2D eigenvalue weighted by Crippen LogP contribution is 2.17. The summed E-state index contributed by atoms with van der Waals surface area (Å²) in [6.07, 6.45) is 3.14. The van der Waals surface area contributed by atoms with Crippen LogP contribution in [0.25, 0.3) is 0 Å². The minimum atomic E-state index is -0.521. The molecule has 1 N–H and O–H groups in total. The number of amides is 2. The Bertz CT molecular complexity index is 793. The summed E-state index contributed by atoms with van der Waals surface area (Å²) in [4.78, 5) is 27.5. The molecule has 2 aromatic carbocycles. The monoisotopic (exact) mass is 426 g/mol. The summed E-state index contributed by atoms with van der Waals surface area (Å²) in [5.74, 6) is 0.988. The van der Waals surface area contributed by atoms with Gasteiger partial charge in [0.2, 0.25) is 5.91 Å². The van der Waals surface area contributed by atoms with Crippen molar-refractivity contribution >= 4 is 11.8 Å². The molecule has 6 heteroatoms. The Balaban J connectivity index is 2.07. The normalized spacial score (nSPS) is 11.5. The molecule has 31 heavy (non-hydrogen) atoms. The van der Waals surface area contributed by atoms with Crippen LogP contribution >= 0.6 is 0 Å². The fraction of sp³-hybridized carbons (Fsp3) is 0.440. The van der Waals surface area contributed by atoms with E-state index in [9.17, 15) is 9.59 Å². The lowest BCUT2D eigenvalue weighted by atomic mass is 10.1. The van der Waals surface area contributed by atoms with Crippen molar-refractivity contribution in [2.45, 2.75) is 45.6 Å². The van der Waals surface area contributed by atoms with E-state index in [2.05, 4.69) is 12.2 Å². The zero-order valence-electron chi connectivity index (χ0n) is 18.8. The van der Waals surface area contributed by atoms with Crippen molar-refractivity contribution in [1.82, 2.24) is 10.2 Å². The van der Waals surface area contributed by atoms with E-state index in [1.54, 1.807) is 36.3 Å². The zero-order chi connectivity index (χ0) is 22.5. The molecular formula is C25H34N2O4. The second-order valence-electron chi connectivity index (χ2n) is 7.36. The third-order valence-corrected chi connectivity index (χ3v) is 5.12. The average Bonchev–Trinajstić information content (AvgIpc) is 2.81. The molecule has 2 amide bonds. The predicted octanol–water partition coefficient (Wildman–Crippen LogP) is 3.84. The number of hydrogen-bond donors (Lipinski definition) is 1. The number of methoxy groups -OCH3 is 1. The Kier molecular flexibility index (Phi) is 10.4. The van der Waals surface area contributed by atoms with Crippen molar-refractivity contribution in [3.8, 4) is 11.5 Å². The van der Waals surface area contributed by atoms with Crippen molar-refractivity contribution in [1.29, 1.82) is 0 Å². The number of benzene rings is 2. The maximum Gasteiger partial charge on any atom is 0.261 e. The summed E-state index contributed by atoms with van der Waals surface area (Å²) < 4.78 is 10.8. The van der Waals surface area contributed by atoms with Gasteiger partial charge in [0.05, 0.1) is 7.11 Å². The molecular weight excluding hydrogens is 392 g/mol. The highest BCUT2D eigenvalue weighted by molar-refractivity contribution is 5.88. The van der Waals surface area contributed by atoms with Gasteiger partial charge in [0.1, 0.15) is 17.5 Å². The zero-order valence-corrected chi connectivity index (χ0v) is 18.8. The predicted molar refractivity (Wildman–Crippen MR) is 122 cm³/mol. The maximum atomic E-state index is 13.1. The molecule has 0 saturated heterocycles. The molecule has 0 aliphatic heterocycles. The molecule has 0 aliphatic rings. The van der Waals surface area contributed by atoms with Crippen molar-refractivity contribution in [3.63, 3.8) is 0 Å². The topological polar surface area (TPSA) is 67.9 Å². The summed E-state index contributed by atoms with van der Waals surface area (Å²) in [5, 5.41) is 2.97. The Morgan fingerprint density at radius 2 is 1.68 bits per heavy atom. The Morgan fingerprint density at radius 1 is 1.00 bits per heavy atom. The largest absolute Gasteiger partial charge is 0.497 e. The van der Waals surface area contributed by atoms with Gasteiger partial charge in [0.15, 0.2) is 6.61 Å². The molecule has 0 bridgehead atoms. The SMILES string of the molecule is CCCCNC(=O)C(CC)N(CCc1ccccc1)C(=O)COc1ccc(OC)cc1. The molecule has 0 saturated carbocycles. The van der Waals surface area contributed by atoms with Gasteiger partial charge >= 0.3 is 0 Å². The summed E-state index contributed by atoms with van der Waals surface area (Å²) in [5.41, 5.74) is 1.12. The summed E-state index contributed by atoms with van der Waals surface area (Å²) in [7, 11) is 1.60. The molecule has 1 unspecified atom stereocenters. The second kappa shape index (κ2) is 13.3. The van der Waals surface area contributed by atoms with Crippen molar-refractivity contribution in [2.24, 2.45) is 0 Å². The minimum absolute atomic E-state index is 0.109. The molecule has 0 spiro atoms. The highest BCUT2D eigenvalue weighted by Gasteiger charge is 2.28. The molecule has 0 radical (unpaired) electrons. The van der Waals surface area contributed by atoms with Gasteiger partial charge in [-0.05, 0) is 49.1 Å². The number of carbonyl (C=O) groups is 2. The molecule has 0 aliphatic carbocycles. The lowest BCUT2D eigenvalue weighted by Gasteiger charge is -2.30. The fourth-order valence-corrected chi connectivity index (χ4v) is 3.30. The minimum Gasteiger partial charge on any atom is -0.497 e. The fourth-order valence-electron chi connectivity index (χ4n) is 3.30. The number of nitrogens with one attached hydrogen (secondary N) is 1. The molecule has 2 aromatic rings. The number of hydrogen-bond acceptors (Lipinski definition) is 4. The molecule has 0 heterocycles. The van der Waals surface area contributed by atoms with Gasteiger partial charge in [-0.25, -0.2) is 0 Å². The van der Waals surface area contributed by atoms with Crippen molar-refractivity contribution in [2.75, 3.05) is 26.8 Å². The van der Waals surface area contributed by atoms with Crippen LogP contribution in [-0.4, -0.2) is 49.6 Å². The van der Waals surface area contributed by atoms with Crippen LogP contribution in [-0.2, 0) is 16.0 Å². The van der Waals surface area contributed by atoms with Crippen molar-refractivity contribution in [3.05, 3.63) is 60.2 Å². The first-order valence-corrected chi connectivity index (χ1v) is 11.0. The van der Waals surface area contributed by atoms with E-state index in [-0.39, 0.29) is 18.4 Å². The summed E-state index contributed by atoms with van der Waals surface area (Å²) in [6, 6.07) is 16.5. The molecule has 2 rings (SSSR count). The van der Waals surface area contributed by atoms with E-state index < -0.39 is 6.04 Å². The number of unbranched alkanes of at least 4 members (excludes halogenated alkanes) is 1. The van der Waals surface area contributed by atoms with Crippen LogP contribution in [0.1, 0.15) is 38.7 Å². The van der Waals surface area contributed by atoms with Gasteiger partial charge in [-0.2, -0.15) is 0 Å². The first-order chi connectivity index (χ1) is 15.1. The van der Waals surface area contributed by atoms with Crippen LogP contribution in [0.15, 0.2) is 54.6 Å². The van der Waals surface area contributed by atoms with Crippen LogP contribution in [0.2, 0.25) is 0 Å². The lowest BCUT2D eigenvalue weighted by molar-refractivity contribution is -0.142. The second-order valence-corrected chi connectivity index (χ2v) is 7.36. The quantitative estimate of drug-likeness (QED) is 0.494. The smallest absolute Gasteiger partial charge is 0.261 e. The number of carbonyl (C=O) groups excluding carboxylic acids is 2. The van der Waals surface area contributed by atoms with E-state index in [1.165, 1.54) is 0 Å². The van der Waals surface area contributed by atoms with Crippen LogP contribution in [0, 0.1) is 0 Å². The van der Waals surface area contributed by atoms with E-state index in [1.807, 2.05) is 37.3 Å². The van der Waals surface area contributed by atoms with Crippen LogP contribution in [0.3, 0.4) is 0 Å². The Hall–Kier alpha value is -3.02. The van der Waals surface area contributed by atoms with Gasteiger partial charge in [-0.15, -0.1) is 0 Å². The van der Waals surface area contributed by atoms with Gasteiger partial charge < -0.3 is 19.7 Å². The van der Waals surface area contributed by atoms with E-state index in [0.29, 0.717) is 31.7 Å². The van der Waals surface area contributed by atoms with E-state index >= 15 is 0 Å². The molecule has 0 aromatic heterocycles. The third-order valence-electron chi connectivity index (χ3n) is 5.12. The van der Waals surface area contributed by atoms with Crippen molar-refractivity contribution < 1.29 is 19.1 Å². The van der Waals surface area contributed by atoms with Gasteiger partial charge in [0, 0.05) is 13.1 Å². The molecule has 6 nitrogen and oxygen atoms in total. The summed E-state index contributed by atoms with van der Waals surface area (Å²) >= 11 is 0. The number of nitrogens with zero attached hydrogens (tertiary/aromatic N) is 1. The highest BCUT2D eigenvalue weighted by atomic mass is 16.5. The first-order valence-electron chi connectivity index (χ1n) is 11.0. The standard InChI is InChI=1S/C25H34N2O4/c1-4-6-17-26-25(29)23(5-2)27(18-16-20-10-8-7-9-11-20)24(28)19-31-22-14-12-21(30-3)13-15-22/h7-15,23H,4-6,16-19H2,1-3H3,(H,26,29). The number of ether oxygens (including phenoxy) is 2. The Labute approximate surface area is 185 Å². The third kappa shape index (κ3) is 7.96. The Morgan fingerprint density at radius 3 is 2.29 bits per heavy atom. The van der Waals surface area contributed by atoms with Crippen LogP contribution in [0.4, 0.5) is 0 Å². The molecule has 168 valence electrons. The molecule has 0 fully saturated rings. The van der Waals surface area contributed by atoms with Gasteiger partial charge in [-0.1, -0.05) is 50.6 Å². The van der Waals surface area contributed by atoms with Gasteiger partial charge in [0.25, 0.3) is 5.91 Å². The van der Waals surface area contributed by atoms with E-state index in [0.717, 1.165) is 24.2 Å². The summed E-state index contributed by atoms with van der Waals surface area (Å²) in [6.45, 7) is 4.95. The van der Waals surface area contributed by atoms with Crippen LogP contribution < -0.4 is 14.8 Å². The first kappa shape index (κ1) is 24.3. The van der Waals surface area contributed by atoms with E-state index in [4.69, 9.17) is 9.47 Å². The van der Waals surface area contributed by atoms with Gasteiger partial charge in [-0.3, -0.25) is 9.59 Å². The average molecular weight is 427 g/mol. The van der Waals surface area contributed by atoms with Crippen LogP contribution in [0.5, 0.6) is 11.5 Å². The number of rotatable bonds is 13. The maximum absolute atomic E-state index is 13.1. The molecule has 1 atom stereocenters.